The fourth-order valence-corrected chi connectivity index (χ4v) is 0.939. The monoisotopic (exact) mass is 222 g/mol. The molecule has 0 bridgehead atoms. The van der Waals surface area contributed by atoms with Crippen LogP contribution >= 0.6 is 0 Å². The van der Waals surface area contributed by atoms with Gasteiger partial charge in [-0.3, -0.25) is 0 Å². The molecule has 0 aromatic rings. The smallest absolute Gasteiger partial charge is 0.191 e. The molecule has 5 heteroatoms. The van der Waals surface area contributed by atoms with E-state index in [2.05, 4.69) is 0 Å². The van der Waals surface area contributed by atoms with Crippen LogP contribution < -0.4 is 0 Å². The molecule has 0 aromatic carbocycles. The summed E-state index contributed by atoms with van der Waals surface area (Å²) >= 11 is 0. The van der Waals surface area contributed by atoms with Crippen molar-refractivity contribution in [2.45, 2.75) is 12.1 Å². The largest absolute Gasteiger partial charge is 0.458 e. The van der Waals surface area contributed by atoms with E-state index in [9.17, 15) is 22.0 Å². The molecule has 0 amide bonds. The second-order valence-corrected chi connectivity index (χ2v) is 2.82. The van der Waals surface area contributed by atoms with Crippen LogP contribution in [-0.2, 0) is 0 Å². The van der Waals surface area contributed by atoms with Gasteiger partial charge in [-0.15, -0.1) is 0 Å². The molecule has 0 N–H and O–H groups in total. The third-order valence-corrected chi connectivity index (χ3v) is 1.71. The van der Waals surface area contributed by atoms with Crippen molar-refractivity contribution >= 4 is 0 Å². The van der Waals surface area contributed by atoms with Crippen molar-refractivity contribution in [2.75, 3.05) is 0 Å². The summed E-state index contributed by atoms with van der Waals surface area (Å²) in [4.78, 5) is 0. The molecule has 15 heavy (non-hydrogen) atoms. The number of hydrogen-bond donors (Lipinski definition) is 0. The summed E-state index contributed by atoms with van der Waals surface area (Å²) in [5.74, 6) is -4.82. The zero-order valence-corrected chi connectivity index (χ0v) is 7.43. The van der Waals surface area contributed by atoms with Gasteiger partial charge in [0, 0.05) is 5.57 Å². The summed E-state index contributed by atoms with van der Waals surface area (Å²) in [6.07, 6.45) is 2.45. The van der Waals surface area contributed by atoms with Gasteiger partial charge in [0.05, 0.1) is 0 Å². The van der Waals surface area contributed by atoms with E-state index in [4.69, 9.17) is 0 Å². The Hall–Kier alpha value is -1.39. The fourth-order valence-electron chi connectivity index (χ4n) is 0.939. The second-order valence-electron chi connectivity index (χ2n) is 2.82. The van der Waals surface area contributed by atoms with Gasteiger partial charge in [0.25, 0.3) is 0 Å². The summed E-state index contributed by atoms with van der Waals surface area (Å²) in [5, 5.41) is 0. The lowest BCUT2D eigenvalue weighted by Crippen LogP contribution is -2.37. The zero-order chi connectivity index (χ0) is 11.5. The molecule has 0 nitrogen and oxygen atoms in total. The third kappa shape index (κ3) is 2.55. The maximum absolute atomic E-state index is 12.8. The molecular formula is C10H7F5. The van der Waals surface area contributed by atoms with Crippen molar-refractivity contribution in [3.05, 3.63) is 48.1 Å². The van der Waals surface area contributed by atoms with Gasteiger partial charge in [0.2, 0.25) is 0 Å². The third-order valence-electron chi connectivity index (χ3n) is 1.71. The van der Waals surface area contributed by atoms with Crippen molar-refractivity contribution < 1.29 is 22.0 Å². The van der Waals surface area contributed by atoms with E-state index in [0.717, 1.165) is 24.3 Å². The average molecular weight is 222 g/mol. The van der Waals surface area contributed by atoms with Crippen LogP contribution in [0.1, 0.15) is 0 Å². The molecule has 0 heterocycles. The summed E-state index contributed by atoms with van der Waals surface area (Å²) in [6, 6.07) is 0. The van der Waals surface area contributed by atoms with Crippen LogP contribution in [0, 0.1) is 0 Å². The van der Waals surface area contributed by atoms with Crippen LogP contribution in [0.2, 0.25) is 0 Å². The molecule has 1 aliphatic carbocycles. The van der Waals surface area contributed by atoms with Crippen molar-refractivity contribution in [3.63, 3.8) is 0 Å². The Kier molecular flexibility index (Phi) is 3.12. The summed E-state index contributed by atoms with van der Waals surface area (Å²) in [5.41, 5.74) is -1.07. The number of rotatable bonds is 1. The Morgan fingerprint density at radius 3 is 1.87 bits per heavy atom. The normalized spacial score (nSPS) is 17.3. The highest BCUT2D eigenvalue weighted by atomic mass is 19.4. The summed E-state index contributed by atoms with van der Waals surface area (Å²) in [7, 11) is 0. The standard InChI is InChI=1S/C10H7F5/c11-9(12,10(13,14)15)8-6-4-2-1-3-5-7-8/h1-7H. The van der Waals surface area contributed by atoms with E-state index in [-0.39, 0.29) is 0 Å². The maximum Gasteiger partial charge on any atom is 0.458 e. The fraction of sp³-hybridized carbons (Fsp3) is 0.200. The molecule has 0 aromatic heterocycles. The molecular weight excluding hydrogens is 215 g/mol. The lowest BCUT2D eigenvalue weighted by Gasteiger charge is -2.20. The Balaban J connectivity index is 3.06. The summed E-state index contributed by atoms with van der Waals surface area (Å²) in [6.45, 7) is 0. The number of hydrogen-bond acceptors (Lipinski definition) is 0. The van der Waals surface area contributed by atoms with Gasteiger partial charge in [0.15, 0.2) is 0 Å². The van der Waals surface area contributed by atoms with Crippen LogP contribution in [0.5, 0.6) is 0 Å². The van der Waals surface area contributed by atoms with E-state index >= 15 is 0 Å². The lowest BCUT2D eigenvalue weighted by atomic mass is 10.1. The van der Waals surface area contributed by atoms with Crippen LogP contribution in [-0.4, -0.2) is 12.1 Å². The van der Waals surface area contributed by atoms with E-state index in [1.165, 1.54) is 18.2 Å². The Labute approximate surface area is 83.1 Å². The first kappa shape index (κ1) is 11.7. The molecule has 0 unspecified atom stereocenters. The minimum Gasteiger partial charge on any atom is -0.191 e. The molecule has 0 aliphatic heterocycles. The van der Waals surface area contributed by atoms with Gasteiger partial charge in [-0.1, -0.05) is 42.5 Å². The molecule has 0 saturated heterocycles. The molecule has 0 spiro atoms. The van der Waals surface area contributed by atoms with Gasteiger partial charge >= 0.3 is 12.1 Å². The predicted octanol–water partition coefficient (Wildman–Crippen LogP) is 3.79. The van der Waals surface area contributed by atoms with Crippen LogP contribution in [0.25, 0.3) is 0 Å². The van der Waals surface area contributed by atoms with Crippen molar-refractivity contribution in [1.29, 1.82) is 0 Å². The lowest BCUT2D eigenvalue weighted by molar-refractivity contribution is -0.262. The van der Waals surface area contributed by atoms with Crippen molar-refractivity contribution in [3.8, 4) is 0 Å². The molecule has 0 radical (unpaired) electrons. The number of halogens is 5. The second kappa shape index (κ2) is 4.00. The van der Waals surface area contributed by atoms with E-state index in [0.29, 0.717) is 0 Å². The topological polar surface area (TPSA) is 0 Å². The zero-order valence-electron chi connectivity index (χ0n) is 7.43. The molecule has 82 valence electrons. The van der Waals surface area contributed by atoms with Gasteiger partial charge in [-0.2, -0.15) is 22.0 Å². The Morgan fingerprint density at radius 2 is 1.27 bits per heavy atom. The minimum absolute atomic E-state index is 0.744. The van der Waals surface area contributed by atoms with Gasteiger partial charge < -0.3 is 0 Å². The Morgan fingerprint density at radius 1 is 0.733 bits per heavy atom. The highest BCUT2D eigenvalue weighted by molar-refractivity contribution is 5.36. The average Bonchev–Trinajstić information content (AvgIpc) is 1.99. The quantitative estimate of drug-likeness (QED) is 0.592. The van der Waals surface area contributed by atoms with E-state index in [1.807, 2.05) is 0 Å². The van der Waals surface area contributed by atoms with Crippen LogP contribution in [0.4, 0.5) is 22.0 Å². The molecule has 1 rings (SSSR count). The van der Waals surface area contributed by atoms with Crippen molar-refractivity contribution in [2.24, 2.45) is 0 Å². The molecule has 0 fully saturated rings. The first-order valence-corrected chi connectivity index (χ1v) is 4.02. The van der Waals surface area contributed by atoms with Crippen LogP contribution in [0.15, 0.2) is 48.1 Å². The first-order valence-electron chi connectivity index (χ1n) is 4.02. The number of allylic oxidation sites excluding steroid dienone is 8. The highest BCUT2D eigenvalue weighted by Crippen LogP contribution is 2.41. The number of alkyl halides is 5. The SMILES string of the molecule is FC(F)(F)C(F)(F)C1=CC=CC=CC=C1. The van der Waals surface area contributed by atoms with Gasteiger partial charge in [-0.25, -0.2) is 0 Å². The molecule has 0 atom stereocenters. The van der Waals surface area contributed by atoms with Gasteiger partial charge in [-0.05, 0) is 0 Å². The first-order chi connectivity index (χ1) is 6.86. The van der Waals surface area contributed by atoms with E-state index < -0.39 is 17.7 Å². The van der Waals surface area contributed by atoms with Crippen LogP contribution in [0.3, 0.4) is 0 Å². The Bertz CT molecular complexity index is 341. The predicted molar refractivity (Wildman–Crippen MR) is 46.5 cm³/mol. The maximum atomic E-state index is 12.8. The summed E-state index contributed by atoms with van der Waals surface area (Å²) < 4.78 is 61.6. The molecule has 0 saturated carbocycles. The minimum atomic E-state index is -5.57. The van der Waals surface area contributed by atoms with Gasteiger partial charge in [0.1, 0.15) is 0 Å². The molecule has 1 aliphatic rings. The van der Waals surface area contributed by atoms with E-state index in [1.54, 1.807) is 0 Å². The highest BCUT2D eigenvalue weighted by Gasteiger charge is 2.59. The van der Waals surface area contributed by atoms with Crippen molar-refractivity contribution in [1.82, 2.24) is 0 Å².